The highest BCUT2D eigenvalue weighted by Crippen LogP contribution is 2.26. The normalized spacial score (nSPS) is 13.9. The summed E-state index contributed by atoms with van der Waals surface area (Å²) in [6.07, 6.45) is 4.41. The Hall–Kier alpha value is -1.81. The predicted molar refractivity (Wildman–Crippen MR) is 94.7 cm³/mol. The highest BCUT2D eigenvalue weighted by molar-refractivity contribution is 5.91. The van der Waals surface area contributed by atoms with Gasteiger partial charge in [-0.2, -0.15) is 0 Å². The molecule has 1 heterocycles. The lowest BCUT2D eigenvalue weighted by atomic mass is 10.1. The number of ether oxygens (including phenoxy) is 1. The second-order valence-corrected chi connectivity index (χ2v) is 6.52. The van der Waals surface area contributed by atoms with Crippen LogP contribution < -0.4 is 10.1 Å². The third-order valence-electron chi connectivity index (χ3n) is 4.14. The molecule has 1 aliphatic rings. The van der Waals surface area contributed by atoms with Crippen molar-refractivity contribution in [3.8, 4) is 5.75 Å². The summed E-state index contributed by atoms with van der Waals surface area (Å²) in [5.74, 6) is 0.920. The number of hydrogen-bond donors (Lipinski definition) is 1. The number of amides is 1. The van der Waals surface area contributed by atoms with Crippen molar-refractivity contribution in [1.29, 1.82) is 0 Å². The van der Waals surface area contributed by atoms with Crippen molar-refractivity contribution >= 4 is 12.0 Å². The number of nitrogens with one attached hydrogen (secondary N) is 1. The van der Waals surface area contributed by atoms with Crippen LogP contribution in [0.15, 0.2) is 24.3 Å². The minimum absolute atomic E-state index is 0.0470. The number of fused-ring (bicyclic) bond motifs is 1. The third kappa shape index (κ3) is 5.10. The van der Waals surface area contributed by atoms with Crippen molar-refractivity contribution in [3.05, 3.63) is 35.4 Å². The lowest BCUT2D eigenvalue weighted by Crippen LogP contribution is -2.42. The van der Waals surface area contributed by atoms with Crippen molar-refractivity contribution in [1.82, 2.24) is 10.2 Å². The van der Waals surface area contributed by atoms with Crippen LogP contribution in [-0.2, 0) is 11.2 Å². The lowest BCUT2D eigenvalue weighted by molar-refractivity contribution is -0.116. The molecule has 1 aromatic rings. The van der Waals surface area contributed by atoms with E-state index in [0.29, 0.717) is 18.6 Å². The van der Waals surface area contributed by atoms with E-state index in [2.05, 4.69) is 44.0 Å². The van der Waals surface area contributed by atoms with E-state index < -0.39 is 0 Å². The van der Waals surface area contributed by atoms with E-state index in [-0.39, 0.29) is 5.91 Å². The topological polar surface area (TPSA) is 41.6 Å². The number of hydrogen-bond acceptors (Lipinski definition) is 3. The number of nitrogens with zero attached hydrogens (tertiary/aromatic N) is 1. The summed E-state index contributed by atoms with van der Waals surface area (Å²) in [6, 6.07) is 7.01. The van der Waals surface area contributed by atoms with Crippen LogP contribution in [0, 0.1) is 0 Å². The van der Waals surface area contributed by atoms with Gasteiger partial charge < -0.3 is 10.1 Å². The standard InChI is InChI=1S/C19H28N2O2/c1-14(2)21(15(3)4)11-10-20-19(22)8-6-16-5-7-18-17(13-16)9-12-23-18/h5-8,13-15H,9-12H2,1-4H3,(H,20,22). The van der Waals surface area contributed by atoms with Gasteiger partial charge in [-0.25, -0.2) is 0 Å². The molecule has 0 saturated heterocycles. The molecule has 4 nitrogen and oxygen atoms in total. The second kappa shape index (κ2) is 8.16. The molecule has 0 aliphatic carbocycles. The molecule has 1 aromatic carbocycles. The summed E-state index contributed by atoms with van der Waals surface area (Å²) in [5, 5.41) is 2.95. The Labute approximate surface area is 139 Å². The molecular formula is C19H28N2O2. The van der Waals surface area contributed by atoms with Gasteiger partial charge in [0.25, 0.3) is 0 Å². The van der Waals surface area contributed by atoms with Gasteiger partial charge in [-0.1, -0.05) is 6.07 Å². The Balaban J connectivity index is 1.80. The highest BCUT2D eigenvalue weighted by atomic mass is 16.5. The molecule has 0 spiro atoms. The van der Waals surface area contributed by atoms with Crippen LogP contribution in [0.3, 0.4) is 0 Å². The highest BCUT2D eigenvalue weighted by Gasteiger charge is 2.13. The fourth-order valence-electron chi connectivity index (χ4n) is 2.96. The molecule has 0 saturated carbocycles. The summed E-state index contributed by atoms with van der Waals surface area (Å²) < 4.78 is 5.49. The molecule has 0 bridgehead atoms. The molecule has 2 rings (SSSR count). The summed E-state index contributed by atoms with van der Waals surface area (Å²) in [6.45, 7) is 11.0. The Bertz CT molecular complexity index is 556. The fourth-order valence-corrected chi connectivity index (χ4v) is 2.96. The maximum absolute atomic E-state index is 11.9. The Morgan fingerprint density at radius 1 is 1.30 bits per heavy atom. The van der Waals surface area contributed by atoms with E-state index in [4.69, 9.17) is 4.74 Å². The van der Waals surface area contributed by atoms with Gasteiger partial charge >= 0.3 is 0 Å². The molecule has 1 aliphatic heterocycles. The van der Waals surface area contributed by atoms with Gasteiger partial charge in [0.2, 0.25) is 5.91 Å². The van der Waals surface area contributed by atoms with Gasteiger partial charge in [0.05, 0.1) is 6.61 Å². The average molecular weight is 316 g/mol. The zero-order chi connectivity index (χ0) is 16.8. The van der Waals surface area contributed by atoms with Gasteiger partial charge in [-0.05, 0) is 57.0 Å². The fraction of sp³-hybridized carbons (Fsp3) is 0.526. The molecule has 0 atom stereocenters. The Morgan fingerprint density at radius 2 is 2.04 bits per heavy atom. The van der Waals surface area contributed by atoms with Crippen molar-refractivity contribution < 1.29 is 9.53 Å². The molecule has 126 valence electrons. The molecule has 0 unspecified atom stereocenters. The minimum atomic E-state index is -0.0470. The first-order valence-electron chi connectivity index (χ1n) is 8.44. The first kappa shape index (κ1) is 17.5. The Morgan fingerprint density at radius 3 is 2.74 bits per heavy atom. The Kier molecular flexibility index (Phi) is 6.22. The molecule has 23 heavy (non-hydrogen) atoms. The number of rotatable bonds is 7. The second-order valence-electron chi connectivity index (χ2n) is 6.52. The van der Waals surface area contributed by atoms with Gasteiger partial charge in [-0.15, -0.1) is 0 Å². The maximum Gasteiger partial charge on any atom is 0.244 e. The summed E-state index contributed by atoms with van der Waals surface area (Å²) in [5.41, 5.74) is 2.26. The van der Waals surface area contributed by atoms with Crippen LogP contribution in [0.25, 0.3) is 6.08 Å². The van der Waals surface area contributed by atoms with Crippen molar-refractivity contribution in [3.63, 3.8) is 0 Å². The van der Waals surface area contributed by atoms with E-state index in [1.54, 1.807) is 6.08 Å². The first-order valence-corrected chi connectivity index (χ1v) is 8.44. The predicted octanol–water partition coefficient (Wildman–Crippen LogP) is 2.87. The molecule has 0 fully saturated rings. The van der Waals surface area contributed by atoms with Crippen LogP contribution in [0.2, 0.25) is 0 Å². The number of carbonyl (C=O) groups excluding carboxylic acids is 1. The summed E-state index contributed by atoms with van der Waals surface area (Å²) in [7, 11) is 0. The van der Waals surface area contributed by atoms with Crippen LogP contribution in [0.1, 0.15) is 38.8 Å². The maximum atomic E-state index is 11.9. The van der Waals surface area contributed by atoms with Crippen LogP contribution >= 0.6 is 0 Å². The largest absolute Gasteiger partial charge is 0.493 e. The number of carbonyl (C=O) groups is 1. The van der Waals surface area contributed by atoms with E-state index in [9.17, 15) is 4.79 Å². The van der Waals surface area contributed by atoms with Gasteiger partial charge in [0, 0.05) is 37.7 Å². The molecule has 0 aromatic heterocycles. The molecule has 4 heteroatoms. The monoisotopic (exact) mass is 316 g/mol. The average Bonchev–Trinajstić information content (AvgIpc) is 2.96. The summed E-state index contributed by atoms with van der Waals surface area (Å²) in [4.78, 5) is 14.3. The number of benzene rings is 1. The SMILES string of the molecule is CC(C)N(CCNC(=O)C=Cc1ccc2c(c1)CCO2)C(C)C. The minimum Gasteiger partial charge on any atom is -0.493 e. The van der Waals surface area contributed by atoms with Crippen molar-refractivity contribution in [2.45, 2.75) is 46.2 Å². The van der Waals surface area contributed by atoms with E-state index >= 15 is 0 Å². The lowest BCUT2D eigenvalue weighted by Gasteiger charge is -2.30. The van der Waals surface area contributed by atoms with Crippen LogP contribution in [0.5, 0.6) is 5.75 Å². The molecule has 1 N–H and O–H groups in total. The van der Waals surface area contributed by atoms with Gasteiger partial charge in [-0.3, -0.25) is 9.69 Å². The molecule has 0 radical (unpaired) electrons. The van der Waals surface area contributed by atoms with Gasteiger partial charge in [0.1, 0.15) is 5.75 Å². The third-order valence-corrected chi connectivity index (χ3v) is 4.14. The smallest absolute Gasteiger partial charge is 0.244 e. The van der Waals surface area contributed by atoms with E-state index in [1.807, 2.05) is 18.2 Å². The van der Waals surface area contributed by atoms with Crippen LogP contribution in [-0.4, -0.2) is 42.6 Å². The quantitative estimate of drug-likeness (QED) is 0.787. The van der Waals surface area contributed by atoms with Crippen molar-refractivity contribution in [2.75, 3.05) is 19.7 Å². The summed E-state index contributed by atoms with van der Waals surface area (Å²) >= 11 is 0. The molecule has 1 amide bonds. The van der Waals surface area contributed by atoms with E-state index in [1.165, 1.54) is 5.56 Å². The zero-order valence-electron chi connectivity index (χ0n) is 14.6. The zero-order valence-corrected chi connectivity index (χ0v) is 14.6. The van der Waals surface area contributed by atoms with Crippen molar-refractivity contribution in [2.24, 2.45) is 0 Å². The molecular weight excluding hydrogens is 288 g/mol. The van der Waals surface area contributed by atoms with Gasteiger partial charge in [0.15, 0.2) is 0 Å². The van der Waals surface area contributed by atoms with Crippen LogP contribution in [0.4, 0.5) is 0 Å². The first-order chi connectivity index (χ1) is 11.0. The van der Waals surface area contributed by atoms with E-state index in [0.717, 1.165) is 30.9 Å².